The third-order valence-electron chi connectivity index (χ3n) is 1.41. The number of ketones is 1. The van der Waals surface area contributed by atoms with E-state index in [2.05, 4.69) is 9.47 Å². The van der Waals surface area contributed by atoms with E-state index in [4.69, 9.17) is 0 Å². The van der Waals surface area contributed by atoms with Crippen LogP contribution in [0.5, 0.6) is 0 Å². The Labute approximate surface area is 86.5 Å². The Bertz CT molecular complexity index is 293. The topological polar surface area (TPSA) is 86.7 Å². The van der Waals surface area contributed by atoms with Gasteiger partial charge >= 0.3 is 17.9 Å². The fourth-order valence-corrected chi connectivity index (χ4v) is 0.854. The normalized spacial score (nSPS) is 11.4. The maximum atomic E-state index is 11.2. The van der Waals surface area contributed by atoms with E-state index in [1.54, 1.807) is 0 Å². The second-order valence-corrected chi connectivity index (χ2v) is 2.71. The minimum absolute atomic E-state index is 0.0377. The summed E-state index contributed by atoms with van der Waals surface area (Å²) in [5.74, 6) is -5.48. The molecule has 84 valence electrons. The molecule has 0 N–H and O–H groups in total. The molecule has 0 bridgehead atoms. The molecule has 0 saturated heterocycles. The fraction of sp³-hybridized carbons (Fsp3) is 0.556. The Kier molecular flexibility index (Phi) is 5.22. The molecule has 0 amide bonds. The number of hydrogen-bond acceptors (Lipinski definition) is 6. The van der Waals surface area contributed by atoms with Crippen LogP contribution in [0.4, 0.5) is 0 Å². The van der Waals surface area contributed by atoms with Gasteiger partial charge in [0.25, 0.3) is 0 Å². The molecule has 0 fully saturated rings. The molecule has 0 aromatic heterocycles. The summed E-state index contributed by atoms with van der Waals surface area (Å²) in [5, 5.41) is 0. The molecular weight excluding hydrogens is 204 g/mol. The van der Waals surface area contributed by atoms with Crippen LogP contribution in [-0.2, 0) is 28.7 Å². The van der Waals surface area contributed by atoms with Gasteiger partial charge in [-0.2, -0.15) is 0 Å². The van der Waals surface area contributed by atoms with Crippen LogP contribution < -0.4 is 0 Å². The lowest BCUT2D eigenvalue weighted by atomic mass is 10.1. The molecule has 0 aliphatic carbocycles. The maximum Gasteiger partial charge on any atom is 0.335 e. The van der Waals surface area contributed by atoms with E-state index in [-0.39, 0.29) is 6.61 Å². The predicted molar refractivity (Wildman–Crippen MR) is 47.6 cm³/mol. The van der Waals surface area contributed by atoms with Gasteiger partial charge in [0.2, 0.25) is 5.92 Å². The summed E-state index contributed by atoms with van der Waals surface area (Å²) in [4.78, 5) is 43.7. The van der Waals surface area contributed by atoms with Crippen LogP contribution in [0.25, 0.3) is 0 Å². The van der Waals surface area contributed by atoms with Gasteiger partial charge in [0.1, 0.15) is 0 Å². The Morgan fingerprint density at radius 2 is 1.60 bits per heavy atom. The molecule has 6 heteroatoms. The highest BCUT2D eigenvalue weighted by molar-refractivity contribution is 6.15. The zero-order valence-electron chi connectivity index (χ0n) is 8.73. The molecule has 0 radical (unpaired) electrons. The van der Waals surface area contributed by atoms with Crippen molar-refractivity contribution in [2.45, 2.75) is 20.8 Å². The molecule has 0 heterocycles. The van der Waals surface area contributed by atoms with Crippen LogP contribution in [0, 0.1) is 5.92 Å². The van der Waals surface area contributed by atoms with Crippen LogP contribution in [0.2, 0.25) is 0 Å². The third kappa shape index (κ3) is 4.35. The highest BCUT2D eigenvalue weighted by atomic mass is 16.6. The molecule has 6 nitrogen and oxygen atoms in total. The average Bonchev–Trinajstić information content (AvgIpc) is 2.01. The van der Waals surface area contributed by atoms with Gasteiger partial charge in [-0.1, -0.05) is 0 Å². The minimum Gasteiger partial charge on any atom is -0.465 e. The lowest BCUT2D eigenvalue weighted by Crippen LogP contribution is -2.34. The van der Waals surface area contributed by atoms with Crippen molar-refractivity contribution in [3.8, 4) is 0 Å². The van der Waals surface area contributed by atoms with E-state index in [0.29, 0.717) is 0 Å². The molecule has 1 unspecified atom stereocenters. The molecule has 1 atom stereocenters. The van der Waals surface area contributed by atoms with Gasteiger partial charge in [-0.25, -0.2) is 0 Å². The molecule has 0 aliphatic rings. The molecule has 0 rings (SSSR count). The summed E-state index contributed by atoms with van der Waals surface area (Å²) in [6.45, 7) is 3.62. The molecule has 15 heavy (non-hydrogen) atoms. The second kappa shape index (κ2) is 5.90. The number of carbonyl (C=O) groups excluding carboxylic acids is 4. The van der Waals surface area contributed by atoms with E-state index in [0.717, 1.165) is 13.8 Å². The summed E-state index contributed by atoms with van der Waals surface area (Å²) >= 11 is 0. The predicted octanol–water partition coefficient (Wildman–Crippen LogP) is -0.156. The first-order valence-electron chi connectivity index (χ1n) is 4.29. The Hall–Kier alpha value is -1.72. The number of carbonyl (C=O) groups is 4. The molecule has 0 saturated carbocycles. The van der Waals surface area contributed by atoms with E-state index >= 15 is 0 Å². The quantitative estimate of drug-likeness (QED) is 0.479. The Morgan fingerprint density at radius 3 is 1.93 bits per heavy atom. The van der Waals surface area contributed by atoms with Crippen molar-refractivity contribution in [3.63, 3.8) is 0 Å². The van der Waals surface area contributed by atoms with Crippen LogP contribution in [0.1, 0.15) is 20.8 Å². The summed E-state index contributed by atoms with van der Waals surface area (Å²) in [5.41, 5.74) is 0. The molecule has 0 aliphatic heterocycles. The van der Waals surface area contributed by atoms with Crippen molar-refractivity contribution in [1.82, 2.24) is 0 Å². The number of ether oxygens (including phenoxy) is 2. The highest BCUT2D eigenvalue weighted by Crippen LogP contribution is 2.05. The van der Waals surface area contributed by atoms with E-state index < -0.39 is 29.6 Å². The molecule has 0 spiro atoms. The van der Waals surface area contributed by atoms with Crippen molar-refractivity contribution in [2.24, 2.45) is 5.92 Å². The van der Waals surface area contributed by atoms with Gasteiger partial charge in [0.15, 0.2) is 5.78 Å². The van der Waals surface area contributed by atoms with Crippen LogP contribution >= 0.6 is 0 Å². The first-order valence-corrected chi connectivity index (χ1v) is 4.29. The third-order valence-corrected chi connectivity index (χ3v) is 1.41. The number of Topliss-reactive ketones (excluding diaryl/α,β-unsaturated/α-hetero) is 1. The summed E-state index contributed by atoms with van der Waals surface area (Å²) in [7, 11) is 0. The van der Waals surface area contributed by atoms with Gasteiger partial charge in [0, 0.05) is 6.92 Å². The first kappa shape index (κ1) is 13.3. The van der Waals surface area contributed by atoms with Gasteiger partial charge in [-0.05, 0) is 13.8 Å². The van der Waals surface area contributed by atoms with Crippen LogP contribution in [0.15, 0.2) is 0 Å². The van der Waals surface area contributed by atoms with Crippen molar-refractivity contribution >= 4 is 23.7 Å². The smallest absolute Gasteiger partial charge is 0.335 e. The fourth-order valence-electron chi connectivity index (χ4n) is 0.854. The largest absolute Gasteiger partial charge is 0.465 e. The van der Waals surface area contributed by atoms with Gasteiger partial charge in [0.05, 0.1) is 6.61 Å². The van der Waals surface area contributed by atoms with Crippen molar-refractivity contribution in [3.05, 3.63) is 0 Å². The summed E-state index contributed by atoms with van der Waals surface area (Å²) < 4.78 is 8.64. The summed E-state index contributed by atoms with van der Waals surface area (Å²) in [6, 6.07) is 0. The Balaban J connectivity index is 4.66. The lowest BCUT2D eigenvalue weighted by Gasteiger charge is -2.09. The lowest BCUT2D eigenvalue weighted by molar-refractivity contribution is -0.168. The zero-order chi connectivity index (χ0) is 12.0. The van der Waals surface area contributed by atoms with Crippen molar-refractivity contribution in [1.29, 1.82) is 0 Å². The number of hydrogen-bond donors (Lipinski definition) is 0. The van der Waals surface area contributed by atoms with E-state index in [9.17, 15) is 19.2 Å². The standard InChI is InChI=1S/C9H12O6/c1-4-14-8(12)7(5(2)10)9(13)15-6(3)11/h7H,4H2,1-3H3. The summed E-state index contributed by atoms with van der Waals surface area (Å²) in [6.07, 6.45) is 0. The van der Waals surface area contributed by atoms with Crippen molar-refractivity contribution < 1.29 is 28.7 Å². The first-order chi connectivity index (χ1) is 6.90. The average molecular weight is 216 g/mol. The Morgan fingerprint density at radius 1 is 1.07 bits per heavy atom. The van der Waals surface area contributed by atoms with Crippen molar-refractivity contribution in [2.75, 3.05) is 6.61 Å². The maximum absolute atomic E-state index is 11.2. The van der Waals surface area contributed by atoms with Crippen LogP contribution in [0.3, 0.4) is 0 Å². The van der Waals surface area contributed by atoms with Gasteiger partial charge < -0.3 is 9.47 Å². The molecular formula is C9H12O6. The van der Waals surface area contributed by atoms with Gasteiger partial charge in [-0.3, -0.25) is 19.2 Å². The van der Waals surface area contributed by atoms with E-state index in [1.807, 2.05) is 0 Å². The van der Waals surface area contributed by atoms with Crippen LogP contribution in [-0.4, -0.2) is 30.3 Å². The SMILES string of the molecule is CCOC(=O)C(C(C)=O)C(=O)OC(C)=O. The number of rotatable bonds is 4. The molecule has 0 aromatic carbocycles. The zero-order valence-corrected chi connectivity index (χ0v) is 8.73. The monoisotopic (exact) mass is 216 g/mol. The number of esters is 3. The molecule has 0 aromatic rings. The second-order valence-electron chi connectivity index (χ2n) is 2.71. The van der Waals surface area contributed by atoms with E-state index in [1.165, 1.54) is 6.92 Å². The highest BCUT2D eigenvalue weighted by Gasteiger charge is 2.34. The minimum atomic E-state index is -1.67. The van der Waals surface area contributed by atoms with Gasteiger partial charge in [-0.15, -0.1) is 0 Å².